The summed E-state index contributed by atoms with van der Waals surface area (Å²) >= 11 is 0. The van der Waals surface area contributed by atoms with E-state index in [-0.39, 0.29) is 0 Å². The number of aryl methyl sites for hydroxylation is 1. The van der Waals surface area contributed by atoms with Crippen molar-refractivity contribution < 1.29 is 9.47 Å². The summed E-state index contributed by atoms with van der Waals surface area (Å²) in [5.74, 6) is 0. The summed E-state index contributed by atoms with van der Waals surface area (Å²) < 4.78 is 10.2. The van der Waals surface area contributed by atoms with Crippen molar-refractivity contribution in [2.24, 2.45) is 0 Å². The van der Waals surface area contributed by atoms with E-state index < -0.39 is 0 Å². The van der Waals surface area contributed by atoms with Crippen molar-refractivity contribution in [1.29, 1.82) is 0 Å². The Bertz CT molecular complexity index is 356. The van der Waals surface area contributed by atoms with Gasteiger partial charge in [-0.2, -0.15) is 0 Å². The molecule has 4 nitrogen and oxygen atoms in total. The van der Waals surface area contributed by atoms with Crippen molar-refractivity contribution in [2.75, 3.05) is 51.2 Å². The molecule has 0 atom stereocenters. The van der Waals surface area contributed by atoms with Crippen LogP contribution in [0.1, 0.15) is 12.0 Å². The van der Waals surface area contributed by atoms with Gasteiger partial charge in [0.2, 0.25) is 0 Å². The molecule has 0 unspecified atom stereocenters. The van der Waals surface area contributed by atoms with Crippen molar-refractivity contribution in [3.05, 3.63) is 23.8 Å². The molecule has 0 spiro atoms. The van der Waals surface area contributed by atoms with Gasteiger partial charge in [0.05, 0.1) is 18.0 Å². The van der Waals surface area contributed by atoms with Gasteiger partial charge in [0.1, 0.15) is 0 Å². The molecule has 2 N–H and O–H groups in total. The molecule has 0 aliphatic rings. The first-order chi connectivity index (χ1) is 8.69. The van der Waals surface area contributed by atoms with Gasteiger partial charge in [-0.15, -0.1) is 0 Å². The number of hydrogen-bond donors (Lipinski definition) is 1. The Labute approximate surface area is 110 Å². The molecule has 0 saturated carbocycles. The van der Waals surface area contributed by atoms with Crippen LogP contribution in [0.5, 0.6) is 0 Å². The first-order valence-electron chi connectivity index (χ1n) is 6.28. The minimum atomic E-state index is 0.695. The fourth-order valence-corrected chi connectivity index (χ4v) is 1.92. The van der Waals surface area contributed by atoms with E-state index in [0.29, 0.717) is 6.61 Å². The van der Waals surface area contributed by atoms with E-state index in [1.165, 1.54) is 5.56 Å². The van der Waals surface area contributed by atoms with Gasteiger partial charge in [-0.05, 0) is 31.0 Å². The summed E-state index contributed by atoms with van der Waals surface area (Å²) in [4.78, 5) is 2.25. The Morgan fingerprint density at radius 2 is 1.83 bits per heavy atom. The number of ether oxygens (including phenoxy) is 2. The summed E-state index contributed by atoms with van der Waals surface area (Å²) in [5, 5.41) is 0. The number of methoxy groups -OCH3 is 2. The first kappa shape index (κ1) is 14.8. The number of benzene rings is 1. The molecule has 0 fully saturated rings. The standard InChI is InChI=1S/C14H24N2O2/c1-12-5-6-14(13(15)11-12)16(8-10-18-3)7-4-9-17-2/h5-6,11H,4,7-10,15H2,1-3H3. The van der Waals surface area contributed by atoms with E-state index in [2.05, 4.69) is 17.0 Å². The maximum Gasteiger partial charge on any atom is 0.0637 e. The van der Waals surface area contributed by atoms with Crippen molar-refractivity contribution in [2.45, 2.75) is 13.3 Å². The number of nitrogen functional groups attached to an aromatic ring is 1. The molecule has 0 bridgehead atoms. The zero-order valence-corrected chi connectivity index (χ0v) is 11.6. The molecule has 0 aliphatic heterocycles. The minimum Gasteiger partial charge on any atom is -0.397 e. The predicted octanol–water partition coefficient (Wildman–Crippen LogP) is 2.07. The molecule has 102 valence electrons. The van der Waals surface area contributed by atoms with E-state index in [0.717, 1.165) is 37.5 Å². The van der Waals surface area contributed by atoms with Crippen LogP contribution >= 0.6 is 0 Å². The Balaban J connectivity index is 2.73. The molecule has 4 heteroatoms. The quantitative estimate of drug-likeness (QED) is 0.568. The lowest BCUT2D eigenvalue weighted by Gasteiger charge is -2.26. The average Bonchev–Trinajstić information content (AvgIpc) is 2.34. The average molecular weight is 252 g/mol. The first-order valence-corrected chi connectivity index (χ1v) is 6.28. The monoisotopic (exact) mass is 252 g/mol. The van der Waals surface area contributed by atoms with Crippen LogP contribution in [0.3, 0.4) is 0 Å². The van der Waals surface area contributed by atoms with Crippen LogP contribution in [0.15, 0.2) is 18.2 Å². The van der Waals surface area contributed by atoms with Crippen LogP contribution in [-0.2, 0) is 9.47 Å². The Morgan fingerprint density at radius 1 is 1.11 bits per heavy atom. The highest BCUT2D eigenvalue weighted by molar-refractivity contribution is 5.68. The largest absolute Gasteiger partial charge is 0.397 e. The molecular formula is C14H24N2O2. The Hall–Kier alpha value is -1.26. The third-order valence-corrected chi connectivity index (χ3v) is 2.87. The molecule has 1 aromatic carbocycles. The highest BCUT2D eigenvalue weighted by Crippen LogP contribution is 2.24. The summed E-state index contributed by atoms with van der Waals surface area (Å²) in [6.45, 7) is 5.26. The van der Waals surface area contributed by atoms with Gasteiger partial charge < -0.3 is 20.1 Å². The van der Waals surface area contributed by atoms with Gasteiger partial charge in [-0.3, -0.25) is 0 Å². The molecule has 0 amide bonds. The van der Waals surface area contributed by atoms with Crippen LogP contribution in [0.4, 0.5) is 11.4 Å². The molecule has 1 rings (SSSR count). The molecule has 1 aromatic rings. The van der Waals surface area contributed by atoms with E-state index in [1.54, 1.807) is 14.2 Å². The van der Waals surface area contributed by atoms with E-state index in [1.807, 2.05) is 13.0 Å². The van der Waals surface area contributed by atoms with Gasteiger partial charge in [0.25, 0.3) is 0 Å². The molecule has 0 aliphatic carbocycles. The topological polar surface area (TPSA) is 47.7 Å². The highest BCUT2D eigenvalue weighted by atomic mass is 16.5. The van der Waals surface area contributed by atoms with Crippen LogP contribution < -0.4 is 10.6 Å². The normalized spacial score (nSPS) is 10.6. The highest BCUT2D eigenvalue weighted by Gasteiger charge is 2.09. The van der Waals surface area contributed by atoms with Crippen molar-refractivity contribution in [3.63, 3.8) is 0 Å². The number of anilines is 2. The van der Waals surface area contributed by atoms with E-state index in [9.17, 15) is 0 Å². The lowest BCUT2D eigenvalue weighted by atomic mass is 10.1. The third kappa shape index (κ3) is 4.55. The third-order valence-electron chi connectivity index (χ3n) is 2.87. The van der Waals surface area contributed by atoms with Crippen molar-refractivity contribution in [1.82, 2.24) is 0 Å². The van der Waals surface area contributed by atoms with Gasteiger partial charge in [-0.25, -0.2) is 0 Å². The number of nitrogens with zero attached hydrogens (tertiary/aromatic N) is 1. The summed E-state index contributed by atoms with van der Waals surface area (Å²) in [7, 11) is 3.44. The minimum absolute atomic E-state index is 0.695. The van der Waals surface area contributed by atoms with Gasteiger partial charge >= 0.3 is 0 Å². The second-order valence-electron chi connectivity index (χ2n) is 4.39. The fraction of sp³-hybridized carbons (Fsp3) is 0.571. The predicted molar refractivity (Wildman–Crippen MR) is 76.2 cm³/mol. The zero-order valence-electron chi connectivity index (χ0n) is 11.6. The summed E-state index contributed by atoms with van der Waals surface area (Å²) in [5.41, 5.74) is 9.17. The van der Waals surface area contributed by atoms with Crippen LogP contribution in [-0.4, -0.2) is 40.5 Å². The van der Waals surface area contributed by atoms with Crippen molar-refractivity contribution in [3.8, 4) is 0 Å². The van der Waals surface area contributed by atoms with Crippen molar-refractivity contribution >= 4 is 11.4 Å². The van der Waals surface area contributed by atoms with Gasteiger partial charge in [-0.1, -0.05) is 6.07 Å². The fourth-order valence-electron chi connectivity index (χ4n) is 1.92. The molecule has 0 heterocycles. The molecule has 0 radical (unpaired) electrons. The number of rotatable bonds is 8. The van der Waals surface area contributed by atoms with Gasteiger partial charge in [0, 0.05) is 33.9 Å². The number of hydrogen-bond acceptors (Lipinski definition) is 4. The maximum absolute atomic E-state index is 6.08. The zero-order chi connectivity index (χ0) is 13.4. The maximum atomic E-state index is 6.08. The Morgan fingerprint density at radius 3 is 2.44 bits per heavy atom. The molecular weight excluding hydrogens is 228 g/mol. The lowest BCUT2D eigenvalue weighted by Crippen LogP contribution is -2.29. The number of nitrogens with two attached hydrogens (primary N) is 1. The van der Waals surface area contributed by atoms with Crippen LogP contribution in [0.2, 0.25) is 0 Å². The molecule has 18 heavy (non-hydrogen) atoms. The lowest BCUT2D eigenvalue weighted by molar-refractivity contribution is 0.191. The van der Waals surface area contributed by atoms with E-state index in [4.69, 9.17) is 15.2 Å². The Kier molecular flexibility index (Phi) is 6.54. The van der Waals surface area contributed by atoms with Gasteiger partial charge in [0.15, 0.2) is 0 Å². The second kappa shape index (κ2) is 7.95. The second-order valence-corrected chi connectivity index (χ2v) is 4.39. The molecule has 0 saturated heterocycles. The van der Waals surface area contributed by atoms with Crippen LogP contribution in [0.25, 0.3) is 0 Å². The smallest absolute Gasteiger partial charge is 0.0637 e. The summed E-state index contributed by atoms with van der Waals surface area (Å²) in [6.07, 6.45) is 0.980. The SMILES string of the molecule is COCCCN(CCOC)c1ccc(C)cc1N. The van der Waals surface area contributed by atoms with Crippen LogP contribution in [0, 0.1) is 6.92 Å². The summed E-state index contributed by atoms with van der Waals surface area (Å²) in [6, 6.07) is 6.17. The van der Waals surface area contributed by atoms with E-state index >= 15 is 0 Å². The molecule has 0 aromatic heterocycles.